The lowest BCUT2D eigenvalue weighted by Crippen LogP contribution is -2.28. The number of ether oxygens (including phenoxy) is 1. The molecule has 0 saturated carbocycles. The molecule has 0 fully saturated rings. The number of ketones is 1. The van der Waals surface area contributed by atoms with Crippen molar-refractivity contribution in [3.05, 3.63) is 101 Å². The molecule has 0 bridgehead atoms. The van der Waals surface area contributed by atoms with Gasteiger partial charge in [-0.3, -0.25) is 9.59 Å². The monoisotopic (exact) mass is 486 g/mol. The van der Waals surface area contributed by atoms with Gasteiger partial charge in [-0.2, -0.15) is 0 Å². The molecule has 4 rings (SSSR count). The van der Waals surface area contributed by atoms with Crippen LogP contribution in [0.3, 0.4) is 0 Å². The molecule has 0 amide bonds. The van der Waals surface area contributed by atoms with Crippen LogP contribution >= 0.6 is 0 Å². The van der Waals surface area contributed by atoms with Crippen molar-refractivity contribution < 1.29 is 34.8 Å². The summed E-state index contributed by atoms with van der Waals surface area (Å²) in [5.41, 5.74) is 2.32. The molecule has 0 saturated heterocycles. The van der Waals surface area contributed by atoms with Gasteiger partial charge in [0.15, 0.2) is 5.78 Å². The highest BCUT2D eigenvalue weighted by molar-refractivity contribution is 5.94. The molecular formula is C29H26O7. The molecule has 1 unspecified atom stereocenters. The van der Waals surface area contributed by atoms with Crippen molar-refractivity contribution in [2.75, 3.05) is 7.11 Å². The largest absolute Gasteiger partial charge is 0.508 e. The molecule has 1 aliphatic rings. The first kappa shape index (κ1) is 24.6. The minimum Gasteiger partial charge on any atom is -0.508 e. The van der Waals surface area contributed by atoms with Gasteiger partial charge >= 0.3 is 5.97 Å². The van der Waals surface area contributed by atoms with Crippen LogP contribution < -0.4 is 0 Å². The van der Waals surface area contributed by atoms with E-state index >= 15 is 0 Å². The van der Waals surface area contributed by atoms with Crippen molar-refractivity contribution in [3.8, 4) is 23.0 Å². The van der Waals surface area contributed by atoms with Crippen molar-refractivity contribution in [2.45, 2.75) is 18.3 Å². The van der Waals surface area contributed by atoms with Crippen molar-refractivity contribution in [2.24, 2.45) is 5.92 Å². The number of carbonyl (C=O) groups is 2. The Labute approximate surface area is 208 Å². The number of hydrogen-bond acceptors (Lipinski definition) is 7. The third kappa shape index (κ3) is 5.41. The maximum atomic E-state index is 13.3. The number of allylic oxidation sites excluding steroid dienone is 2. The van der Waals surface area contributed by atoms with Crippen molar-refractivity contribution in [1.29, 1.82) is 0 Å². The van der Waals surface area contributed by atoms with Crippen LogP contribution in [0.1, 0.15) is 34.9 Å². The van der Waals surface area contributed by atoms with Crippen LogP contribution in [-0.4, -0.2) is 39.3 Å². The number of phenolic OH excluding ortho intramolecular Hbond substituents is 4. The van der Waals surface area contributed by atoms with Gasteiger partial charge in [-0.25, -0.2) is 0 Å². The Bertz CT molecular complexity index is 1300. The molecule has 0 aromatic heterocycles. The Morgan fingerprint density at radius 1 is 0.806 bits per heavy atom. The zero-order valence-electron chi connectivity index (χ0n) is 19.5. The first-order valence-electron chi connectivity index (χ1n) is 11.4. The molecule has 0 radical (unpaired) electrons. The van der Waals surface area contributed by atoms with Gasteiger partial charge in [0.05, 0.1) is 13.0 Å². The van der Waals surface area contributed by atoms with Gasteiger partial charge in [0.1, 0.15) is 23.0 Å². The summed E-state index contributed by atoms with van der Waals surface area (Å²) in [7, 11) is 1.27. The van der Waals surface area contributed by atoms with E-state index in [4.69, 9.17) is 4.74 Å². The second-order valence-electron chi connectivity index (χ2n) is 8.75. The summed E-state index contributed by atoms with van der Waals surface area (Å²) in [6.07, 6.45) is 4.87. The lowest BCUT2D eigenvalue weighted by molar-refractivity contribution is -0.145. The van der Waals surface area contributed by atoms with E-state index in [2.05, 4.69) is 0 Å². The summed E-state index contributed by atoms with van der Waals surface area (Å²) in [4.78, 5) is 26.4. The van der Waals surface area contributed by atoms with Crippen molar-refractivity contribution >= 4 is 17.8 Å². The van der Waals surface area contributed by atoms with Crippen LogP contribution in [-0.2, 0) is 14.3 Å². The number of carbonyl (C=O) groups excluding carboxylic acids is 2. The average Bonchev–Trinajstić information content (AvgIpc) is 2.99. The number of rotatable bonds is 5. The van der Waals surface area contributed by atoms with Crippen LogP contribution in [0.5, 0.6) is 23.0 Å². The normalized spacial score (nSPS) is 20.1. The molecule has 0 aliphatic heterocycles. The molecule has 1 aliphatic carbocycles. The Kier molecular flexibility index (Phi) is 7.10. The highest BCUT2D eigenvalue weighted by Gasteiger charge is 2.42. The first-order chi connectivity index (χ1) is 17.2. The number of esters is 1. The molecule has 0 spiro atoms. The Morgan fingerprint density at radius 3 is 1.97 bits per heavy atom. The van der Waals surface area contributed by atoms with E-state index in [-0.39, 0.29) is 35.2 Å². The first-order valence-corrected chi connectivity index (χ1v) is 11.4. The Hall–Kier alpha value is -4.52. The van der Waals surface area contributed by atoms with Crippen LogP contribution in [0.15, 0.2) is 84.5 Å². The van der Waals surface area contributed by atoms with E-state index in [9.17, 15) is 30.0 Å². The second kappa shape index (κ2) is 10.4. The molecule has 3 aromatic rings. The summed E-state index contributed by atoms with van der Waals surface area (Å²) in [5, 5.41) is 39.8. The van der Waals surface area contributed by atoms with Gasteiger partial charge in [-0.05, 0) is 70.7 Å². The molecule has 184 valence electrons. The summed E-state index contributed by atoms with van der Waals surface area (Å²) < 4.78 is 5.17. The summed E-state index contributed by atoms with van der Waals surface area (Å²) in [5.74, 6) is -3.15. The van der Waals surface area contributed by atoms with Gasteiger partial charge in [0.2, 0.25) is 0 Å². The SMILES string of the molecule is COC(=O)C1C(/C=C/c2ccc(O)cc2)=CC(=O)C[C@H](c2ccc(O)cc2)[C@H]1c1cc(O)cc(O)c1. The van der Waals surface area contributed by atoms with Crippen LogP contribution in [0, 0.1) is 5.92 Å². The maximum absolute atomic E-state index is 13.3. The predicted molar refractivity (Wildman–Crippen MR) is 134 cm³/mol. The fourth-order valence-corrected chi connectivity index (χ4v) is 4.74. The predicted octanol–water partition coefficient (Wildman–Crippen LogP) is 4.78. The maximum Gasteiger partial charge on any atom is 0.313 e. The molecule has 7 nitrogen and oxygen atoms in total. The molecular weight excluding hydrogens is 460 g/mol. The van der Waals surface area contributed by atoms with E-state index < -0.39 is 23.7 Å². The molecule has 36 heavy (non-hydrogen) atoms. The summed E-state index contributed by atoms with van der Waals surface area (Å²) in [6, 6.07) is 17.0. The van der Waals surface area contributed by atoms with Crippen molar-refractivity contribution in [3.63, 3.8) is 0 Å². The number of methoxy groups -OCH3 is 1. The quantitative estimate of drug-likeness (QED) is 0.383. The topological polar surface area (TPSA) is 124 Å². The van der Waals surface area contributed by atoms with E-state index in [1.165, 1.54) is 55.7 Å². The third-order valence-electron chi connectivity index (χ3n) is 6.35. The minimum absolute atomic E-state index is 0.0515. The Balaban J connectivity index is 1.89. The van der Waals surface area contributed by atoms with Crippen LogP contribution in [0.4, 0.5) is 0 Å². The Morgan fingerprint density at radius 2 is 1.39 bits per heavy atom. The standard InChI is InChI=1S/C29H26O7/c1-36-29(35)28-19(5-2-17-3-8-21(30)9-4-17)12-25(34)16-26(18-6-10-22(31)11-7-18)27(28)20-13-23(32)15-24(33)14-20/h2-15,26-28,30-33H,16H2,1H3/b5-2+/t26-,27-,28?/m1/s1. The third-order valence-corrected chi connectivity index (χ3v) is 6.35. The molecule has 3 aromatic carbocycles. The number of aromatic hydroxyl groups is 4. The molecule has 4 N–H and O–H groups in total. The van der Waals surface area contributed by atoms with Gasteiger partial charge in [-0.15, -0.1) is 0 Å². The summed E-state index contributed by atoms with van der Waals surface area (Å²) in [6.45, 7) is 0. The van der Waals surface area contributed by atoms with E-state index in [0.717, 1.165) is 5.56 Å². The summed E-state index contributed by atoms with van der Waals surface area (Å²) >= 11 is 0. The zero-order chi connectivity index (χ0) is 25.8. The van der Waals surface area contributed by atoms with Gasteiger partial charge in [0.25, 0.3) is 0 Å². The fourth-order valence-electron chi connectivity index (χ4n) is 4.74. The van der Waals surface area contributed by atoms with E-state index in [1.54, 1.807) is 36.4 Å². The smallest absolute Gasteiger partial charge is 0.313 e. The van der Waals surface area contributed by atoms with Crippen molar-refractivity contribution in [1.82, 2.24) is 0 Å². The molecule has 3 atom stereocenters. The minimum atomic E-state index is -0.949. The van der Waals surface area contributed by atoms with Crippen LogP contribution in [0.25, 0.3) is 6.08 Å². The zero-order valence-corrected chi connectivity index (χ0v) is 19.5. The number of benzene rings is 3. The number of phenols is 4. The number of hydrogen-bond donors (Lipinski definition) is 4. The fraction of sp³-hybridized carbons (Fsp3) is 0.172. The van der Waals surface area contributed by atoms with Crippen LogP contribution in [0.2, 0.25) is 0 Å². The molecule has 7 heteroatoms. The van der Waals surface area contributed by atoms with Gasteiger partial charge in [0, 0.05) is 18.4 Å². The second-order valence-corrected chi connectivity index (χ2v) is 8.75. The van der Waals surface area contributed by atoms with E-state index in [1.807, 2.05) is 0 Å². The lowest BCUT2D eigenvalue weighted by atomic mass is 9.71. The average molecular weight is 487 g/mol. The van der Waals surface area contributed by atoms with E-state index in [0.29, 0.717) is 16.7 Å². The lowest BCUT2D eigenvalue weighted by Gasteiger charge is -2.32. The highest BCUT2D eigenvalue weighted by Crippen LogP contribution is 2.48. The van der Waals surface area contributed by atoms with Gasteiger partial charge in [-0.1, -0.05) is 36.4 Å². The molecule has 0 heterocycles. The highest BCUT2D eigenvalue weighted by atomic mass is 16.5. The van der Waals surface area contributed by atoms with Gasteiger partial charge < -0.3 is 25.2 Å².